The van der Waals surface area contributed by atoms with E-state index in [0.717, 1.165) is 6.54 Å². The van der Waals surface area contributed by atoms with Gasteiger partial charge in [-0.25, -0.2) is 5.01 Å². The average molecular weight is 267 g/mol. The van der Waals surface area contributed by atoms with Crippen LogP contribution in [0.1, 0.15) is 83.5 Å². The minimum atomic E-state index is 0.709. The number of nitrogens with zero attached hydrogens (tertiary/aromatic N) is 2. The summed E-state index contributed by atoms with van der Waals surface area (Å²) in [7, 11) is 0. The quantitative estimate of drug-likeness (QED) is 0.733. The highest BCUT2D eigenvalue weighted by Crippen LogP contribution is 2.23. The van der Waals surface area contributed by atoms with Gasteiger partial charge in [0.2, 0.25) is 0 Å². The molecule has 1 saturated heterocycles. The van der Waals surface area contributed by atoms with Crippen molar-refractivity contribution in [1.29, 1.82) is 0 Å². The van der Waals surface area contributed by atoms with Crippen LogP contribution in [0.15, 0.2) is 0 Å². The highest BCUT2D eigenvalue weighted by atomic mass is 15.8. The molecule has 0 aromatic carbocycles. The Morgan fingerprint density at radius 1 is 0.579 bits per heavy atom. The lowest BCUT2D eigenvalue weighted by Crippen LogP contribution is -2.53. The fraction of sp³-hybridized carbons (Fsp3) is 1.00. The molecule has 0 aromatic rings. The number of hydrazine groups is 2. The van der Waals surface area contributed by atoms with Crippen LogP contribution >= 0.6 is 0 Å². The van der Waals surface area contributed by atoms with Crippen LogP contribution in [0.5, 0.6) is 0 Å². The molecule has 0 unspecified atom stereocenters. The Kier molecular flexibility index (Phi) is 7.18. The third-order valence-electron chi connectivity index (χ3n) is 4.85. The summed E-state index contributed by atoms with van der Waals surface area (Å²) in [6.07, 6.45) is 18.0. The van der Waals surface area contributed by atoms with Gasteiger partial charge in [-0.3, -0.25) is 5.84 Å². The van der Waals surface area contributed by atoms with E-state index in [4.69, 9.17) is 5.84 Å². The van der Waals surface area contributed by atoms with E-state index in [1.54, 1.807) is 0 Å². The van der Waals surface area contributed by atoms with Crippen LogP contribution in [-0.4, -0.2) is 29.3 Å². The van der Waals surface area contributed by atoms with E-state index in [0.29, 0.717) is 6.04 Å². The van der Waals surface area contributed by atoms with E-state index in [2.05, 4.69) is 10.1 Å². The van der Waals surface area contributed by atoms with Crippen LogP contribution in [0, 0.1) is 0 Å². The fourth-order valence-electron chi connectivity index (χ4n) is 3.64. The number of rotatable bonds is 1. The molecule has 19 heavy (non-hydrogen) atoms. The smallest absolute Gasteiger partial charge is 0.0288 e. The molecule has 1 aliphatic carbocycles. The molecule has 2 N–H and O–H groups in total. The monoisotopic (exact) mass is 267 g/mol. The van der Waals surface area contributed by atoms with Gasteiger partial charge in [-0.1, -0.05) is 57.8 Å². The van der Waals surface area contributed by atoms with Crippen LogP contribution in [0.25, 0.3) is 0 Å². The molecule has 1 aliphatic heterocycles. The van der Waals surface area contributed by atoms with Crippen molar-refractivity contribution in [3.63, 3.8) is 0 Å². The van der Waals surface area contributed by atoms with Gasteiger partial charge in [0.25, 0.3) is 0 Å². The zero-order valence-corrected chi connectivity index (χ0v) is 12.7. The van der Waals surface area contributed by atoms with E-state index in [1.807, 2.05) is 0 Å². The predicted molar refractivity (Wildman–Crippen MR) is 81.4 cm³/mol. The SMILES string of the molecule is NN1CCCCCCCN1C1CCCCCCCC1. The van der Waals surface area contributed by atoms with Gasteiger partial charge in [-0.05, 0) is 25.7 Å². The Bertz CT molecular complexity index is 222. The Balaban J connectivity index is 1.92. The molecule has 0 amide bonds. The number of hydrogen-bond donors (Lipinski definition) is 1. The van der Waals surface area contributed by atoms with E-state index in [1.165, 1.54) is 90.0 Å². The first-order valence-corrected chi connectivity index (χ1v) is 8.67. The van der Waals surface area contributed by atoms with Gasteiger partial charge in [0, 0.05) is 19.1 Å². The number of nitrogens with two attached hydrogens (primary N) is 1. The molecular formula is C16H33N3. The summed E-state index contributed by atoms with van der Waals surface area (Å²) in [5.41, 5.74) is 0. The molecule has 1 heterocycles. The first-order chi connectivity index (χ1) is 9.38. The van der Waals surface area contributed by atoms with Crippen molar-refractivity contribution in [1.82, 2.24) is 10.1 Å². The Morgan fingerprint density at radius 2 is 1.05 bits per heavy atom. The van der Waals surface area contributed by atoms with Crippen LogP contribution in [0.2, 0.25) is 0 Å². The summed E-state index contributed by atoms with van der Waals surface area (Å²) in [5, 5.41) is 4.59. The highest BCUT2D eigenvalue weighted by Gasteiger charge is 2.23. The van der Waals surface area contributed by atoms with Gasteiger partial charge in [-0.15, -0.1) is 0 Å². The molecule has 0 radical (unpaired) electrons. The highest BCUT2D eigenvalue weighted by molar-refractivity contribution is 4.72. The summed E-state index contributed by atoms with van der Waals surface area (Å²) in [5.74, 6) is 6.34. The molecular weight excluding hydrogens is 234 g/mol. The lowest BCUT2D eigenvalue weighted by atomic mass is 10.0. The molecule has 0 bridgehead atoms. The molecule has 0 atom stereocenters. The van der Waals surface area contributed by atoms with Crippen LogP contribution in [0.3, 0.4) is 0 Å². The summed E-state index contributed by atoms with van der Waals surface area (Å²) >= 11 is 0. The molecule has 3 nitrogen and oxygen atoms in total. The first-order valence-electron chi connectivity index (χ1n) is 8.67. The number of hydrogen-bond acceptors (Lipinski definition) is 3. The Hall–Kier alpha value is -0.120. The summed E-state index contributed by atoms with van der Waals surface area (Å²) in [6, 6.07) is 0.709. The maximum absolute atomic E-state index is 6.34. The molecule has 2 aliphatic rings. The Labute approximate surface area is 119 Å². The molecule has 1 saturated carbocycles. The minimum Gasteiger partial charge on any atom is -0.255 e. The molecule has 112 valence electrons. The minimum absolute atomic E-state index is 0.709. The van der Waals surface area contributed by atoms with Crippen molar-refractivity contribution in [3.8, 4) is 0 Å². The third kappa shape index (κ3) is 5.41. The molecule has 0 aromatic heterocycles. The van der Waals surface area contributed by atoms with Gasteiger partial charge >= 0.3 is 0 Å². The molecule has 3 heteroatoms. The topological polar surface area (TPSA) is 32.5 Å². The average Bonchev–Trinajstić information content (AvgIpc) is 2.60. The summed E-state index contributed by atoms with van der Waals surface area (Å²) < 4.78 is 0. The fourth-order valence-corrected chi connectivity index (χ4v) is 3.64. The predicted octanol–water partition coefficient (Wildman–Crippen LogP) is 3.85. The lowest BCUT2D eigenvalue weighted by Gasteiger charge is -2.38. The van der Waals surface area contributed by atoms with E-state index < -0.39 is 0 Å². The van der Waals surface area contributed by atoms with Gasteiger partial charge in [-0.2, -0.15) is 5.12 Å². The van der Waals surface area contributed by atoms with Crippen molar-refractivity contribution in [2.45, 2.75) is 89.5 Å². The summed E-state index contributed by atoms with van der Waals surface area (Å²) in [4.78, 5) is 0. The Morgan fingerprint density at radius 3 is 1.68 bits per heavy atom. The van der Waals surface area contributed by atoms with Crippen molar-refractivity contribution in [2.24, 2.45) is 5.84 Å². The van der Waals surface area contributed by atoms with Crippen molar-refractivity contribution >= 4 is 0 Å². The van der Waals surface area contributed by atoms with Gasteiger partial charge in [0.1, 0.15) is 0 Å². The summed E-state index contributed by atoms with van der Waals surface area (Å²) in [6.45, 7) is 2.23. The van der Waals surface area contributed by atoms with E-state index in [-0.39, 0.29) is 0 Å². The van der Waals surface area contributed by atoms with Crippen LogP contribution in [0.4, 0.5) is 0 Å². The first kappa shape index (κ1) is 15.3. The standard InChI is InChI=1S/C16H33N3/c17-19-15-11-7-3-6-10-14-18(19)16-12-8-4-1-2-5-9-13-16/h16H,1-15,17H2. The second-order valence-electron chi connectivity index (χ2n) is 6.45. The van der Waals surface area contributed by atoms with E-state index in [9.17, 15) is 0 Å². The van der Waals surface area contributed by atoms with E-state index >= 15 is 0 Å². The normalized spacial score (nSPS) is 27.6. The second kappa shape index (κ2) is 8.93. The third-order valence-corrected chi connectivity index (χ3v) is 4.85. The zero-order valence-electron chi connectivity index (χ0n) is 12.7. The van der Waals surface area contributed by atoms with Gasteiger partial charge in [0.05, 0.1) is 0 Å². The zero-order chi connectivity index (χ0) is 13.3. The largest absolute Gasteiger partial charge is 0.255 e. The van der Waals surface area contributed by atoms with Crippen molar-refractivity contribution < 1.29 is 0 Å². The lowest BCUT2D eigenvalue weighted by molar-refractivity contribution is -0.0687. The molecule has 2 fully saturated rings. The maximum Gasteiger partial charge on any atom is 0.0288 e. The van der Waals surface area contributed by atoms with Crippen LogP contribution < -0.4 is 5.84 Å². The maximum atomic E-state index is 6.34. The molecule has 0 spiro atoms. The van der Waals surface area contributed by atoms with Crippen LogP contribution in [-0.2, 0) is 0 Å². The van der Waals surface area contributed by atoms with Crippen molar-refractivity contribution in [3.05, 3.63) is 0 Å². The van der Waals surface area contributed by atoms with Gasteiger partial charge in [0.15, 0.2) is 0 Å². The molecule has 2 rings (SSSR count). The second-order valence-corrected chi connectivity index (χ2v) is 6.45. The van der Waals surface area contributed by atoms with Gasteiger partial charge < -0.3 is 0 Å². The van der Waals surface area contributed by atoms with Crippen molar-refractivity contribution in [2.75, 3.05) is 13.1 Å².